The van der Waals surface area contributed by atoms with Gasteiger partial charge in [-0.1, -0.05) is 0 Å². The Bertz CT molecular complexity index is 1460. The first-order chi connectivity index (χ1) is 20.1. The molecule has 0 saturated carbocycles. The third-order valence-electron chi connectivity index (χ3n) is 6.55. The fourth-order valence-corrected chi connectivity index (χ4v) is 5.92. The summed E-state index contributed by atoms with van der Waals surface area (Å²) in [6, 6.07) is 3.71. The average Bonchev–Trinajstić information content (AvgIpc) is 3.29. The van der Waals surface area contributed by atoms with Crippen LogP contribution in [0.1, 0.15) is 49.7 Å². The van der Waals surface area contributed by atoms with Gasteiger partial charge >= 0.3 is 86.6 Å². The van der Waals surface area contributed by atoms with Gasteiger partial charge < -0.3 is 29.4 Å². The molecule has 13 nitrogen and oxygen atoms in total. The summed E-state index contributed by atoms with van der Waals surface area (Å²) in [5.41, 5.74) is 4.07. The summed E-state index contributed by atoms with van der Waals surface area (Å²) < 4.78 is 22.3. The molecule has 0 atom stereocenters. The Hall–Kier alpha value is 0.444. The molecule has 2 amide bonds. The monoisotopic (exact) mass is 946 g/mol. The Morgan fingerprint density at radius 1 is 1.26 bits per heavy atom. The van der Waals surface area contributed by atoms with Crippen LogP contribution in [0.3, 0.4) is 0 Å². The zero-order chi connectivity index (χ0) is 30.4. The van der Waals surface area contributed by atoms with E-state index >= 15 is 0 Å². The number of nitrogens with zero attached hydrogens (tertiary/aromatic N) is 3. The van der Waals surface area contributed by atoms with E-state index in [0.717, 1.165) is 26.9 Å². The molecule has 43 heavy (non-hydrogen) atoms. The molecule has 1 saturated heterocycles. The maximum atomic E-state index is 12.5. The van der Waals surface area contributed by atoms with Crippen molar-refractivity contribution in [3.05, 3.63) is 33.2 Å². The van der Waals surface area contributed by atoms with Gasteiger partial charge in [-0.3, -0.25) is 9.78 Å². The minimum atomic E-state index is -0.529. The van der Waals surface area contributed by atoms with Crippen LogP contribution < -0.4 is 14.8 Å². The predicted octanol–water partition coefficient (Wildman–Crippen LogP) is 3.10. The van der Waals surface area contributed by atoms with E-state index in [1.54, 1.807) is 18.2 Å². The van der Waals surface area contributed by atoms with E-state index in [4.69, 9.17) is 24.0 Å². The molecule has 0 unspecified atom stereocenters. The Balaban J connectivity index is 0.000000781. The molecule has 16 heteroatoms. The van der Waals surface area contributed by atoms with Gasteiger partial charge in [0, 0.05) is 131 Å². The third kappa shape index (κ3) is 9.97. The van der Waals surface area contributed by atoms with Crippen LogP contribution in [0, 0.1) is 3.57 Å². The number of rotatable bonds is 6. The summed E-state index contributed by atoms with van der Waals surface area (Å²) >= 11 is 2.17. The molecule has 0 aromatic carbocycles. The van der Waals surface area contributed by atoms with Gasteiger partial charge in [-0.2, -0.15) is 0 Å². The average molecular weight is 946 g/mol. The molecule has 0 spiro atoms. The van der Waals surface area contributed by atoms with Crippen molar-refractivity contribution >= 4 is 188 Å². The van der Waals surface area contributed by atoms with Crippen LogP contribution in [0.2, 0.25) is 0 Å². The first-order valence-electron chi connectivity index (χ1n) is 13.4. The van der Waals surface area contributed by atoms with Crippen LogP contribution in [0.5, 0.6) is 11.6 Å². The summed E-state index contributed by atoms with van der Waals surface area (Å²) in [7, 11) is 1.57. The van der Waals surface area contributed by atoms with Crippen LogP contribution in [0.25, 0.3) is 22.3 Å². The second-order valence-electron chi connectivity index (χ2n) is 10.5. The number of pyridine rings is 2. The summed E-state index contributed by atoms with van der Waals surface area (Å²) in [5.74, 6) is 0.804. The molecular formula is C27H31Cs2IN5O8. The zero-order valence-corrected chi connectivity index (χ0v) is 39.8. The Kier molecular flexibility index (Phi) is 15.5. The third-order valence-corrected chi connectivity index (χ3v) is 8.23. The van der Waals surface area contributed by atoms with Crippen molar-refractivity contribution in [1.82, 2.24) is 25.2 Å². The number of nitrogens with one attached hydrogen (secondary N) is 2. The minimum Gasteiger partial charge on any atom is 0 e. The largest absolute Gasteiger partial charge is 0 e. The van der Waals surface area contributed by atoms with Crippen LogP contribution in [-0.2, 0) is 18.5 Å². The van der Waals surface area contributed by atoms with E-state index in [1.807, 2.05) is 32.9 Å². The molecular weight excluding hydrogens is 915 g/mol. The second kappa shape index (κ2) is 17.6. The normalized spacial score (nSPS) is 14.9. The molecule has 2 N–H and O–H groups in total. The molecule has 3 aromatic rings. The number of carbonyl (C=O) groups is 3. The van der Waals surface area contributed by atoms with Gasteiger partial charge in [0.2, 0.25) is 0 Å². The number of fused-ring (bicyclic) bond motifs is 2. The van der Waals surface area contributed by atoms with Gasteiger partial charge in [-0.05, 0) is 49.4 Å². The number of aromatic nitrogens is 3. The molecule has 2 aliphatic heterocycles. The number of carbonyl (C=O) groups excluding carboxylic acids is 3. The molecule has 1 fully saturated rings. The molecule has 0 aliphatic carbocycles. The molecule has 3 aromatic heterocycles. The topological polar surface area (TPSA) is 154 Å². The van der Waals surface area contributed by atoms with Gasteiger partial charge in [0.1, 0.15) is 17.2 Å². The van der Waals surface area contributed by atoms with Crippen molar-refractivity contribution in [2.75, 3.05) is 26.7 Å². The summed E-state index contributed by atoms with van der Waals surface area (Å²) in [6.07, 6.45) is 3.34. The van der Waals surface area contributed by atoms with Crippen molar-refractivity contribution in [1.29, 1.82) is 0 Å². The van der Waals surface area contributed by atoms with Gasteiger partial charge in [0.05, 0.1) is 27.5 Å². The number of amides is 2. The molecule has 1 radical (unpaired) electrons. The van der Waals surface area contributed by atoms with E-state index in [-0.39, 0.29) is 160 Å². The second-order valence-corrected chi connectivity index (χ2v) is 12.7. The molecule has 221 valence electrons. The van der Waals surface area contributed by atoms with E-state index in [2.05, 4.69) is 40.4 Å². The van der Waals surface area contributed by atoms with Crippen LogP contribution in [-0.4, -0.2) is 212 Å². The Labute approximate surface area is 370 Å². The maximum Gasteiger partial charge on any atom is 0 e. The van der Waals surface area contributed by atoms with Crippen molar-refractivity contribution in [2.45, 2.75) is 51.7 Å². The van der Waals surface area contributed by atoms with Crippen molar-refractivity contribution in [3.8, 4) is 22.9 Å². The van der Waals surface area contributed by atoms with Crippen LogP contribution >= 0.6 is 22.6 Å². The van der Waals surface area contributed by atoms with Gasteiger partial charge in [0.25, 0.3) is 11.8 Å². The number of piperidine rings is 1. The SMILES string of the molecule is COc1cc2nccc(-c3[nH]c4c(c3I)C(=O)NCC4)c2nc1OC1CCN(C(=O)OC(C)(C)C)CC1.O=CO[O][Cs].[Cs]. The van der Waals surface area contributed by atoms with Gasteiger partial charge in [-0.25, -0.2) is 9.78 Å². The smallest absolute Gasteiger partial charge is 0 e. The molecule has 5 heterocycles. The number of methoxy groups -OCH3 is 1. The number of likely N-dealkylation sites (tertiary alicyclic amines) is 1. The van der Waals surface area contributed by atoms with Crippen LogP contribution in [0.15, 0.2) is 18.3 Å². The number of hydrogen-bond donors (Lipinski definition) is 2. The predicted molar refractivity (Wildman–Crippen MR) is 166 cm³/mol. The van der Waals surface area contributed by atoms with E-state index in [9.17, 15) is 9.59 Å². The Morgan fingerprint density at radius 2 is 1.98 bits per heavy atom. The number of halogens is 1. The maximum absolute atomic E-state index is 12.5. The minimum absolute atomic E-state index is 0. The van der Waals surface area contributed by atoms with E-state index in [0.29, 0.717) is 60.7 Å². The zero-order valence-electron chi connectivity index (χ0n) is 25.1. The van der Waals surface area contributed by atoms with Gasteiger partial charge in [-0.15, -0.1) is 0 Å². The standard InChI is InChI=1S/C26H30IN5O5.CH2O3.2Cs/c1-26(2,3)37-25(34)32-11-7-14(8-12-32)36-24-18(35-4)13-17-21(31-24)15(5-9-28-17)22-20(27)19-16(30-22)6-10-29-23(19)33;2-1-4-3;;/h5,9,13-14,30H,6-8,10-12H2,1-4H3,(H,29,33);1,3H;;/q;;;+1/p-1. The molecule has 5 rings (SSSR count). The van der Waals surface area contributed by atoms with Crippen molar-refractivity contribution < 1.29 is 31.1 Å². The first kappa shape index (κ1) is 37.9. The molecule has 0 bridgehead atoms. The van der Waals surface area contributed by atoms with Crippen molar-refractivity contribution in [2.24, 2.45) is 0 Å². The number of ether oxygens (including phenoxy) is 3. The van der Waals surface area contributed by atoms with E-state index in [1.165, 1.54) is 0 Å². The quantitative estimate of drug-likeness (QED) is 0.163. The van der Waals surface area contributed by atoms with Gasteiger partial charge in [0.15, 0.2) is 5.75 Å². The number of H-pyrrole nitrogens is 1. The number of aromatic amines is 1. The molecule has 2 aliphatic rings. The fourth-order valence-electron chi connectivity index (χ4n) is 4.67. The fraction of sp³-hybridized carbons (Fsp3) is 0.444. The van der Waals surface area contributed by atoms with E-state index < -0.39 is 5.60 Å². The summed E-state index contributed by atoms with van der Waals surface area (Å²) in [6.45, 7) is 7.53. The Morgan fingerprint density at radius 3 is 2.56 bits per heavy atom. The van der Waals surface area contributed by atoms with Crippen LogP contribution in [0.4, 0.5) is 4.79 Å². The summed E-state index contributed by atoms with van der Waals surface area (Å²) in [4.78, 5) is 52.2. The first-order valence-corrected chi connectivity index (χ1v) is 17.0. The van der Waals surface area contributed by atoms with Crippen molar-refractivity contribution in [3.63, 3.8) is 0 Å². The number of hydrogen-bond acceptors (Lipinski definition) is 10. The summed E-state index contributed by atoms with van der Waals surface area (Å²) in [5, 5.41) is 2.91.